The van der Waals surface area contributed by atoms with Gasteiger partial charge in [-0.25, -0.2) is 4.79 Å². The molecule has 0 saturated carbocycles. The van der Waals surface area contributed by atoms with Gasteiger partial charge in [0.1, 0.15) is 0 Å². The van der Waals surface area contributed by atoms with Crippen molar-refractivity contribution >= 4 is 6.09 Å². The van der Waals surface area contributed by atoms with E-state index in [0.29, 0.717) is 0 Å². The van der Waals surface area contributed by atoms with Crippen LogP contribution in [0.25, 0.3) is 0 Å². The Morgan fingerprint density at radius 2 is 2.00 bits per heavy atom. The van der Waals surface area contributed by atoms with Crippen molar-refractivity contribution in [2.75, 3.05) is 6.61 Å². The zero-order chi connectivity index (χ0) is 11.5. The van der Waals surface area contributed by atoms with Crippen molar-refractivity contribution in [1.29, 1.82) is 0 Å². The maximum absolute atomic E-state index is 11.2. The lowest BCUT2D eigenvalue weighted by Crippen LogP contribution is -2.38. The van der Waals surface area contributed by atoms with Crippen molar-refractivity contribution in [1.82, 2.24) is 4.90 Å². The molecule has 0 aliphatic carbocycles. The Bertz CT molecular complexity index is 366. The Hall–Kier alpha value is -1.55. The van der Waals surface area contributed by atoms with E-state index in [1.165, 1.54) is 4.90 Å². The molecule has 1 aromatic carbocycles. The van der Waals surface area contributed by atoms with E-state index in [1.807, 2.05) is 30.3 Å². The molecule has 0 aromatic heterocycles. The molecule has 0 bridgehead atoms. The van der Waals surface area contributed by atoms with Crippen LogP contribution >= 0.6 is 0 Å². The maximum atomic E-state index is 11.2. The van der Waals surface area contributed by atoms with Crippen LogP contribution in [-0.4, -0.2) is 33.9 Å². The van der Waals surface area contributed by atoms with Crippen LogP contribution in [0.2, 0.25) is 0 Å². The van der Waals surface area contributed by atoms with Crippen LogP contribution in [0.4, 0.5) is 4.79 Å². The second-order valence-corrected chi connectivity index (χ2v) is 4.03. The first-order chi connectivity index (χ1) is 7.74. The standard InChI is InChI=1S/C12H15NO3/c14-8-10-6-7-11(13(10)12(15)16)9-4-2-1-3-5-9/h1-5,10-11,14H,6-8H2,(H,15,16). The molecule has 0 radical (unpaired) electrons. The summed E-state index contributed by atoms with van der Waals surface area (Å²) in [4.78, 5) is 12.5. The normalized spacial score (nSPS) is 24.7. The number of nitrogens with zero attached hydrogens (tertiary/aromatic N) is 1. The van der Waals surface area contributed by atoms with Crippen molar-refractivity contribution in [3.05, 3.63) is 35.9 Å². The van der Waals surface area contributed by atoms with Gasteiger partial charge in [0.25, 0.3) is 0 Å². The number of amides is 1. The molecular formula is C12H15NO3. The maximum Gasteiger partial charge on any atom is 0.408 e. The summed E-state index contributed by atoms with van der Waals surface area (Å²) in [5, 5.41) is 18.3. The minimum Gasteiger partial charge on any atom is -0.465 e. The fraction of sp³-hybridized carbons (Fsp3) is 0.417. The molecule has 1 fully saturated rings. The molecule has 2 rings (SSSR count). The van der Waals surface area contributed by atoms with Crippen molar-refractivity contribution in [3.8, 4) is 0 Å². The lowest BCUT2D eigenvalue weighted by Gasteiger charge is -2.26. The van der Waals surface area contributed by atoms with Gasteiger partial charge in [0.05, 0.1) is 18.7 Å². The van der Waals surface area contributed by atoms with Gasteiger partial charge in [-0.05, 0) is 18.4 Å². The first kappa shape index (κ1) is 11.0. The van der Waals surface area contributed by atoms with Gasteiger partial charge in [0.15, 0.2) is 0 Å². The third kappa shape index (κ3) is 1.88. The van der Waals surface area contributed by atoms with Crippen LogP contribution in [0, 0.1) is 0 Å². The predicted octanol–water partition coefficient (Wildman–Crippen LogP) is 1.86. The Morgan fingerprint density at radius 1 is 1.31 bits per heavy atom. The van der Waals surface area contributed by atoms with Gasteiger partial charge in [-0.3, -0.25) is 4.90 Å². The first-order valence-electron chi connectivity index (χ1n) is 5.41. The highest BCUT2D eigenvalue weighted by Gasteiger charge is 2.37. The van der Waals surface area contributed by atoms with Gasteiger partial charge in [0.2, 0.25) is 0 Å². The van der Waals surface area contributed by atoms with Gasteiger partial charge in [-0.15, -0.1) is 0 Å². The van der Waals surface area contributed by atoms with E-state index >= 15 is 0 Å². The van der Waals surface area contributed by atoms with Crippen molar-refractivity contribution in [2.45, 2.75) is 24.9 Å². The Labute approximate surface area is 94.1 Å². The number of hydrogen-bond acceptors (Lipinski definition) is 2. The highest BCUT2D eigenvalue weighted by atomic mass is 16.4. The Kier molecular flexibility index (Phi) is 3.10. The molecule has 1 aromatic rings. The fourth-order valence-electron chi connectivity index (χ4n) is 2.35. The van der Waals surface area contributed by atoms with Crippen LogP contribution in [0.15, 0.2) is 30.3 Å². The summed E-state index contributed by atoms with van der Waals surface area (Å²) in [7, 11) is 0. The van der Waals surface area contributed by atoms with Gasteiger partial charge in [-0.1, -0.05) is 30.3 Å². The number of likely N-dealkylation sites (tertiary alicyclic amines) is 1. The van der Waals surface area contributed by atoms with E-state index in [9.17, 15) is 4.79 Å². The highest BCUT2D eigenvalue weighted by molar-refractivity contribution is 5.66. The number of aliphatic hydroxyl groups is 1. The highest BCUT2D eigenvalue weighted by Crippen LogP contribution is 2.35. The number of carboxylic acid groups (broad SMARTS) is 1. The molecular weight excluding hydrogens is 206 g/mol. The largest absolute Gasteiger partial charge is 0.465 e. The average Bonchev–Trinajstić information content (AvgIpc) is 2.73. The second kappa shape index (κ2) is 4.53. The summed E-state index contributed by atoms with van der Waals surface area (Å²) < 4.78 is 0. The lowest BCUT2D eigenvalue weighted by molar-refractivity contribution is 0.0998. The quantitative estimate of drug-likeness (QED) is 0.801. The van der Waals surface area contributed by atoms with E-state index in [1.54, 1.807) is 0 Å². The summed E-state index contributed by atoms with van der Waals surface area (Å²) in [5.41, 5.74) is 1.00. The number of benzene rings is 1. The van der Waals surface area contributed by atoms with E-state index in [2.05, 4.69) is 0 Å². The monoisotopic (exact) mass is 221 g/mol. The summed E-state index contributed by atoms with van der Waals surface area (Å²) >= 11 is 0. The molecule has 2 atom stereocenters. The summed E-state index contributed by atoms with van der Waals surface area (Å²) in [5.74, 6) is 0. The molecule has 1 aliphatic rings. The molecule has 4 heteroatoms. The molecule has 2 unspecified atom stereocenters. The smallest absolute Gasteiger partial charge is 0.408 e. The lowest BCUT2D eigenvalue weighted by atomic mass is 10.1. The van der Waals surface area contributed by atoms with E-state index in [-0.39, 0.29) is 18.7 Å². The van der Waals surface area contributed by atoms with E-state index in [4.69, 9.17) is 10.2 Å². The van der Waals surface area contributed by atoms with Crippen molar-refractivity contribution in [3.63, 3.8) is 0 Å². The zero-order valence-corrected chi connectivity index (χ0v) is 8.91. The summed E-state index contributed by atoms with van der Waals surface area (Å²) in [6.07, 6.45) is 0.551. The molecule has 1 aliphatic heterocycles. The minimum atomic E-state index is -0.953. The third-order valence-corrected chi connectivity index (χ3v) is 3.12. The summed E-state index contributed by atoms with van der Waals surface area (Å²) in [6, 6.07) is 9.20. The van der Waals surface area contributed by atoms with Crippen LogP contribution in [0.3, 0.4) is 0 Å². The average molecular weight is 221 g/mol. The molecule has 16 heavy (non-hydrogen) atoms. The molecule has 0 spiro atoms. The van der Waals surface area contributed by atoms with Gasteiger partial charge < -0.3 is 10.2 Å². The SMILES string of the molecule is O=C(O)N1C(CO)CCC1c1ccccc1. The molecule has 4 nitrogen and oxygen atoms in total. The molecule has 86 valence electrons. The van der Waals surface area contributed by atoms with Crippen molar-refractivity contribution in [2.24, 2.45) is 0 Å². The first-order valence-corrected chi connectivity index (χ1v) is 5.41. The number of carbonyl (C=O) groups is 1. The van der Waals surface area contributed by atoms with Gasteiger partial charge in [0, 0.05) is 0 Å². The van der Waals surface area contributed by atoms with E-state index < -0.39 is 6.09 Å². The summed E-state index contributed by atoms with van der Waals surface area (Å²) in [6.45, 7) is -0.102. The Balaban J connectivity index is 2.25. The van der Waals surface area contributed by atoms with Gasteiger partial charge >= 0.3 is 6.09 Å². The second-order valence-electron chi connectivity index (χ2n) is 4.03. The number of rotatable bonds is 2. The van der Waals surface area contributed by atoms with E-state index in [0.717, 1.165) is 18.4 Å². The predicted molar refractivity (Wildman–Crippen MR) is 59.2 cm³/mol. The van der Waals surface area contributed by atoms with Gasteiger partial charge in [-0.2, -0.15) is 0 Å². The molecule has 1 amide bonds. The Morgan fingerprint density at radius 3 is 2.56 bits per heavy atom. The zero-order valence-electron chi connectivity index (χ0n) is 8.91. The van der Waals surface area contributed by atoms with Crippen LogP contribution in [-0.2, 0) is 0 Å². The van der Waals surface area contributed by atoms with Crippen LogP contribution in [0.5, 0.6) is 0 Å². The minimum absolute atomic E-state index is 0.102. The van der Waals surface area contributed by atoms with Crippen LogP contribution in [0.1, 0.15) is 24.4 Å². The molecule has 2 N–H and O–H groups in total. The molecule has 1 heterocycles. The number of hydrogen-bond donors (Lipinski definition) is 2. The van der Waals surface area contributed by atoms with Crippen molar-refractivity contribution < 1.29 is 15.0 Å². The molecule has 1 saturated heterocycles. The van der Waals surface area contributed by atoms with Crippen LogP contribution < -0.4 is 0 Å². The topological polar surface area (TPSA) is 60.8 Å². The third-order valence-electron chi connectivity index (χ3n) is 3.12. The fourth-order valence-corrected chi connectivity index (χ4v) is 2.35. The number of aliphatic hydroxyl groups excluding tert-OH is 1.